The molecule has 28 heavy (non-hydrogen) atoms. The number of methoxy groups -OCH3 is 1. The summed E-state index contributed by atoms with van der Waals surface area (Å²) in [5, 5.41) is 0.885. The van der Waals surface area contributed by atoms with Gasteiger partial charge in [-0.25, -0.2) is 4.79 Å². The molecule has 0 saturated heterocycles. The van der Waals surface area contributed by atoms with Crippen molar-refractivity contribution in [1.29, 1.82) is 0 Å². The van der Waals surface area contributed by atoms with Gasteiger partial charge in [0.05, 0.1) is 19.3 Å². The molecule has 0 amide bonds. The molecule has 0 atom stereocenters. The molecule has 4 rings (SSSR count). The highest BCUT2D eigenvalue weighted by atomic mass is 16.5. The molecule has 0 bridgehead atoms. The highest BCUT2D eigenvalue weighted by molar-refractivity contribution is 6.02. The van der Waals surface area contributed by atoms with Crippen LogP contribution < -0.4 is 10.2 Å². The van der Waals surface area contributed by atoms with E-state index in [-0.39, 0.29) is 11.4 Å². The molecular weight excluding hydrogens is 356 g/mol. The lowest BCUT2D eigenvalue weighted by Gasteiger charge is -2.15. The Kier molecular flexibility index (Phi) is 4.57. The molecule has 0 spiro atoms. The second-order valence-corrected chi connectivity index (χ2v) is 6.29. The number of hydrogen-bond donors (Lipinski definition) is 0. The molecule has 0 saturated carbocycles. The van der Waals surface area contributed by atoms with Crippen LogP contribution in [0.5, 0.6) is 5.75 Å². The standard InChI is InChI=1S/C23H18O5/c1-3-27-23(25)15-6-4-14(5-7-15)22-18-10-8-16(24)12-20(18)28-21-13-17(26-2)9-11-19(21)22/h4-13H,3H2,1-2H3. The summed E-state index contributed by atoms with van der Waals surface area (Å²) in [4.78, 5) is 23.8. The van der Waals surface area contributed by atoms with Crippen LogP contribution in [-0.4, -0.2) is 19.7 Å². The highest BCUT2D eigenvalue weighted by Crippen LogP contribution is 2.40. The average Bonchev–Trinajstić information content (AvgIpc) is 2.71. The topological polar surface area (TPSA) is 65.7 Å². The minimum atomic E-state index is -0.354. The molecule has 140 valence electrons. The minimum absolute atomic E-state index is 0.123. The normalized spacial score (nSPS) is 10.9. The second-order valence-electron chi connectivity index (χ2n) is 6.29. The van der Waals surface area contributed by atoms with Gasteiger partial charge in [0.25, 0.3) is 0 Å². The van der Waals surface area contributed by atoms with Gasteiger partial charge in [-0.3, -0.25) is 4.79 Å². The van der Waals surface area contributed by atoms with Gasteiger partial charge in [-0.05, 0) is 48.9 Å². The fourth-order valence-corrected chi connectivity index (χ4v) is 3.28. The summed E-state index contributed by atoms with van der Waals surface area (Å²) in [6.07, 6.45) is 0. The molecule has 0 fully saturated rings. The Morgan fingerprint density at radius 2 is 1.79 bits per heavy atom. The summed E-state index contributed by atoms with van der Waals surface area (Å²) in [7, 11) is 1.59. The van der Waals surface area contributed by atoms with Crippen LogP contribution in [-0.2, 0) is 4.74 Å². The smallest absolute Gasteiger partial charge is 0.338 e. The Morgan fingerprint density at radius 3 is 2.50 bits per heavy atom. The van der Waals surface area contributed by atoms with E-state index in [4.69, 9.17) is 13.9 Å². The maximum absolute atomic E-state index is 11.9. The number of rotatable bonds is 4. The van der Waals surface area contributed by atoms with Gasteiger partial charge in [-0.2, -0.15) is 0 Å². The molecule has 2 aromatic rings. The molecule has 0 aromatic heterocycles. The Hall–Kier alpha value is -3.60. The number of carbonyl (C=O) groups is 1. The van der Waals surface area contributed by atoms with E-state index in [9.17, 15) is 9.59 Å². The zero-order valence-corrected chi connectivity index (χ0v) is 15.5. The number of carbonyl (C=O) groups excluding carboxylic acids is 1. The molecular formula is C23H18O5. The first kappa shape index (κ1) is 17.8. The van der Waals surface area contributed by atoms with Crippen LogP contribution in [0.2, 0.25) is 0 Å². The maximum atomic E-state index is 11.9. The third-order valence-corrected chi connectivity index (χ3v) is 4.59. The largest absolute Gasteiger partial charge is 0.497 e. The SMILES string of the molecule is CCOC(=O)c1ccc(-c2c3ccc(=O)cc-3oc3cc(OC)ccc23)cc1. The lowest BCUT2D eigenvalue weighted by molar-refractivity contribution is 0.0526. The van der Waals surface area contributed by atoms with Crippen LogP contribution in [0, 0.1) is 0 Å². The molecule has 1 aliphatic heterocycles. The zero-order chi connectivity index (χ0) is 19.7. The number of benzene rings is 3. The third kappa shape index (κ3) is 3.11. The Balaban J connectivity index is 1.96. The van der Waals surface area contributed by atoms with E-state index in [2.05, 4.69) is 0 Å². The van der Waals surface area contributed by atoms with Gasteiger partial charge < -0.3 is 13.9 Å². The van der Waals surface area contributed by atoms with Crippen molar-refractivity contribution in [1.82, 2.24) is 0 Å². The van der Waals surface area contributed by atoms with Crippen LogP contribution >= 0.6 is 0 Å². The van der Waals surface area contributed by atoms with Gasteiger partial charge in [-0.1, -0.05) is 12.1 Å². The predicted octanol–water partition coefficient (Wildman–Crippen LogP) is 4.75. The third-order valence-electron chi connectivity index (χ3n) is 4.59. The number of esters is 1. The number of hydrogen-bond acceptors (Lipinski definition) is 5. The van der Waals surface area contributed by atoms with Crippen molar-refractivity contribution in [3.63, 3.8) is 0 Å². The highest BCUT2D eigenvalue weighted by Gasteiger charge is 2.18. The fraction of sp³-hybridized carbons (Fsp3) is 0.130. The molecule has 0 N–H and O–H groups in total. The zero-order valence-electron chi connectivity index (χ0n) is 15.5. The van der Waals surface area contributed by atoms with E-state index in [1.807, 2.05) is 24.3 Å². The van der Waals surface area contributed by atoms with Crippen molar-refractivity contribution in [2.24, 2.45) is 0 Å². The Morgan fingerprint density at radius 1 is 1.00 bits per heavy atom. The summed E-state index contributed by atoms with van der Waals surface area (Å²) in [6, 6.07) is 17.6. The summed E-state index contributed by atoms with van der Waals surface area (Å²) in [5.41, 5.74) is 3.63. The van der Waals surface area contributed by atoms with Gasteiger partial charge in [-0.15, -0.1) is 0 Å². The molecule has 2 aromatic carbocycles. The van der Waals surface area contributed by atoms with Gasteiger partial charge in [0.2, 0.25) is 0 Å². The average molecular weight is 374 g/mol. The van der Waals surface area contributed by atoms with Gasteiger partial charge in [0, 0.05) is 28.6 Å². The van der Waals surface area contributed by atoms with Crippen molar-refractivity contribution in [2.45, 2.75) is 6.92 Å². The minimum Gasteiger partial charge on any atom is -0.497 e. The molecule has 1 aliphatic carbocycles. The lowest BCUT2D eigenvalue weighted by Crippen LogP contribution is -2.04. The van der Waals surface area contributed by atoms with Gasteiger partial charge in [0.15, 0.2) is 5.43 Å². The van der Waals surface area contributed by atoms with Crippen LogP contribution in [0.1, 0.15) is 17.3 Å². The summed E-state index contributed by atoms with van der Waals surface area (Å²) in [6.45, 7) is 2.10. The first-order valence-corrected chi connectivity index (χ1v) is 8.93. The summed E-state index contributed by atoms with van der Waals surface area (Å²) >= 11 is 0. The molecule has 1 heterocycles. The first-order valence-electron chi connectivity index (χ1n) is 8.93. The van der Waals surface area contributed by atoms with Crippen molar-refractivity contribution < 1.29 is 18.7 Å². The van der Waals surface area contributed by atoms with E-state index in [1.165, 1.54) is 12.1 Å². The molecule has 5 nitrogen and oxygen atoms in total. The fourth-order valence-electron chi connectivity index (χ4n) is 3.28. The van der Waals surface area contributed by atoms with Gasteiger partial charge in [0.1, 0.15) is 17.1 Å². The van der Waals surface area contributed by atoms with Crippen molar-refractivity contribution in [3.05, 3.63) is 76.5 Å². The van der Waals surface area contributed by atoms with Crippen LogP contribution in [0.25, 0.3) is 33.4 Å². The quantitative estimate of drug-likeness (QED) is 0.381. The molecule has 5 heteroatoms. The monoisotopic (exact) mass is 374 g/mol. The number of ether oxygens (including phenoxy) is 2. The van der Waals surface area contributed by atoms with E-state index in [1.54, 1.807) is 38.3 Å². The van der Waals surface area contributed by atoms with Crippen LogP contribution in [0.4, 0.5) is 0 Å². The van der Waals surface area contributed by atoms with Crippen LogP contribution in [0.3, 0.4) is 0 Å². The first-order chi connectivity index (χ1) is 13.6. The van der Waals surface area contributed by atoms with E-state index >= 15 is 0 Å². The van der Waals surface area contributed by atoms with E-state index < -0.39 is 0 Å². The number of fused-ring (bicyclic) bond motifs is 2. The predicted molar refractivity (Wildman–Crippen MR) is 107 cm³/mol. The Bertz CT molecular complexity index is 1190. The maximum Gasteiger partial charge on any atom is 0.338 e. The lowest BCUT2D eigenvalue weighted by atomic mass is 9.93. The molecule has 0 unspecified atom stereocenters. The van der Waals surface area contributed by atoms with E-state index in [0.717, 1.165) is 22.1 Å². The molecule has 0 radical (unpaired) electrons. The summed E-state index contributed by atoms with van der Waals surface area (Å²) < 4.78 is 16.3. The second kappa shape index (κ2) is 7.19. The van der Waals surface area contributed by atoms with Crippen LogP contribution in [0.15, 0.2) is 69.9 Å². The summed E-state index contributed by atoms with van der Waals surface area (Å²) in [5.74, 6) is 0.808. The van der Waals surface area contributed by atoms with Crippen molar-refractivity contribution in [3.8, 4) is 28.2 Å². The Labute approximate surface area is 161 Å². The van der Waals surface area contributed by atoms with Crippen molar-refractivity contribution >= 4 is 16.9 Å². The van der Waals surface area contributed by atoms with Crippen molar-refractivity contribution in [2.75, 3.05) is 13.7 Å². The van der Waals surface area contributed by atoms with Gasteiger partial charge >= 0.3 is 5.97 Å². The van der Waals surface area contributed by atoms with E-state index in [0.29, 0.717) is 29.3 Å². The molecule has 2 aliphatic rings.